The van der Waals surface area contributed by atoms with Crippen LogP contribution in [-0.2, 0) is 0 Å². The van der Waals surface area contributed by atoms with Crippen LogP contribution >= 0.6 is 0 Å². The summed E-state index contributed by atoms with van der Waals surface area (Å²) in [7, 11) is 0. The normalized spacial score (nSPS) is 45.5. The van der Waals surface area contributed by atoms with Crippen LogP contribution in [0.1, 0.15) is 104 Å². The molecule has 1 saturated heterocycles. The molecular formula is C27H46N2O. The highest BCUT2D eigenvalue weighted by molar-refractivity contribution is 5.74. The molecule has 1 aliphatic heterocycles. The van der Waals surface area contributed by atoms with Crippen molar-refractivity contribution in [2.45, 2.75) is 104 Å². The maximum Gasteiger partial charge on any atom is 0.317 e. The molecule has 7 atom stereocenters. The van der Waals surface area contributed by atoms with E-state index < -0.39 is 0 Å². The Kier molecular flexibility index (Phi) is 5.86. The Labute approximate surface area is 185 Å². The van der Waals surface area contributed by atoms with Crippen LogP contribution in [0.25, 0.3) is 0 Å². The maximum absolute atomic E-state index is 12.3. The molecule has 0 aromatic carbocycles. The van der Waals surface area contributed by atoms with Gasteiger partial charge < -0.3 is 10.2 Å². The van der Waals surface area contributed by atoms with Crippen molar-refractivity contribution in [3.8, 4) is 0 Å². The highest BCUT2D eigenvalue weighted by atomic mass is 16.2. The van der Waals surface area contributed by atoms with Crippen molar-refractivity contribution in [3.63, 3.8) is 0 Å². The van der Waals surface area contributed by atoms with Crippen molar-refractivity contribution >= 4 is 6.03 Å². The molecule has 3 nitrogen and oxygen atoms in total. The molecule has 1 N–H and O–H groups in total. The maximum atomic E-state index is 12.3. The van der Waals surface area contributed by atoms with E-state index in [9.17, 15) is 4.79 Å². The molecule has 0 spiro atoms. The summed E-state index contributed by atoms with van der Waals surface area (Å²) >= 11 is 0. The molecule has 4 saturated carbocycles. The van der Waals surface area contributed by atoms with Crippen molar-refractivity contribution in [1.29, 1.82) is 0 Å². The molecule has 0 radical (unpaired) electrons. The molecule has 0 aromatic rings. The average molecular weight is 415 g/mol. The van der Waals surface area contributed by atoms with Crippen molar-refractivity contribution in [2.24, 2.45) is 40.4 Å². The van der Waals surface area contributed by atoms with E-state index in [1.54, 1.807) is 0 Å². The Hall–Kier alpha value is -0.730. The fourth-order valence-corrected chi connectivity index (χ4v) is 9.45. The number of nitrogens with zero attached hydrogens (tertiary/aromatic N) is 1. The van der Waals surface area contributed by atoms with Crippen molar-refractivity contribution < 1.29 is 4.79 Å². The van der Waals surface area contributed by atoms with Crippen LogP contribution in [0.4, 0.5) is 4.79 Å². The molecule has 1 heterocycles. The van der Waals surface area contributed by atoms with Gasteiger partial charge in [0.1, 0.15) is 0 Å². The summed E-state index contributed by atoms with van der Waals surface area (Å²) in [5.41, 5.74) is 1.25. The van der Waals surface area contributed by atoms with Gasteiger partial charge in [0.25, 0.3) is 0 Å². The van der Waals surface area contributed by atoms with Crippen LogP contribution in [0, 0.1) is 40.4 Å². The Morgan fingerprint density at radius 1 is 0.867 bits per heavy atom. The zero-order valence-electron chi connectivity index (χ0n) is 19.8. The van der Waals surface area contributed by atoms with E-state index in [0.717, 1.165) is 49.2 Å². The van der Waals surface area contributed by atoms with Gasteiger partial charge >= 0.3 is 6.03 Å². The molecule has 5 aliphatic rings. The minimum absolute atomic E-state index is 0.181. The van der Waals surface area contributed by atoms with Crippen LogP contribution in [0.3, 0.4) is 0 Å². The van der Waals surface area contributed by atoms with Gasteiger partial charge in [0.15, 0.2) is 0 Å². The Balaban J connectivity index is 1.17. The van der Waals surface area contributed by atoms with E-state index in [0.29, 0.717) is 10.8 Å². The predicted octanol–water partition coefficient (Wildman–Crippen LogP) is 6.62. The number of amides is 2. The number of nitrogens with one attached hydrogen (secondary N) is 1. The number of fused-ring (bicyclic) bond motifs is 5. The number of hydrogen-bond acceptors (Lipinski definition) is 1. The fraction of sp³-hybridized carbons (Fsp3) is 0.963. The van der Waals surface area contributed by atoms with E-state index >= 15 is 0 Å². The molecule has 3 heteroatoms. The molecule has 2 amide bonds. The molecule has 4 aliphatic carbocycles. The first-order chi connectivity index (χ1) is 14.5. The second-order valence-electron chi connectivity index (χ2n) is 12.3. The predicted molar refractivity (Wildman–Crippen MR) is 123 cm³/mol. The van der Waals surface area contributed by atoms with Crippen molar-refractivity contribution in [2.75, 3.05) is 19.6 Å². The third kappa shape index (κ3) is 3.51. The van der Waals surface area contributed by atoms with Gasteiger partial charge in [-0.2, -0.15) is 0 Å². The standard InChI is InChI=1S/C27H46N2O/c1-26-15-4-3-8-20(26)10-12-22-23-13-11-21(27(23,2)16-14-24(22)26)9-7-17-28-25(30)29-18-5-6-19-29/h20-24H,3-19H2,1-2H3,(H,28,30). The SMILES string of the molecule is CC12CCCCC1CCC1C2CCC2(C)C(CCCNC(=O)N3CCCC3)CCC12. The molecular weight excluding hydrogens is 368 g/mol. The molecule has 30 heavy (non-hydrogen) atoms. The quantitative estimate of drug-likeness (QED) is 0.515. The largest absolute Gasteiger partial charge is 0.338 e. The Morgan fingerprint density at radius 3 is 2.50 bits per heavy atom. The van der Waals surface area contributed by atoms with Crippen LogP contribution in [0.5, 0.6) is 0 Å². The van der Waals surface area contributed by atoms with E-state index in [4.69, 9.17) is 0 Å². The first-order valence-electron chi connectivity index (χ1n) is 13.5. The van der Waals surface area contributed by atoms with E-state index in [-0.39, 0.29) is 6.03 Å². The summed E-state index contributed by atoms with van der Waals surface area (Å²) in [6.07, 6.45) is 19.8. The topological polar surface area (TPSA) is 32.3 Å². The summed E-state index contributed by atoms with van der Waals surface area (Å²) in [5, 5.41) is 3.20. The number of urea groups is 1. The number of hydrogen-bond donors (Lipinski definition) is 1. The lowest BCUT2D eigenvalue weighted by Gasteiger charge is -2.60. The van der Waals surface area contributed by atoms with Gasteiger partial charge in [-0.25, -0.2) is 4.79 Å². The van der Waals surface area contributed by atoms with Crippen LogP contribution in [0.2, 0.25) is 0 Å². The number of rotatable bonds is 4. The third-order valence-corrected chi connectivity index (χ3v) is 11.2. The van der Waals surface area contributed by atoms with Gasteiger partial charge in [-0.15, -0.1) is 0 Å². The number of carbonyl (C=O) groups is 1. The Bertz CT molecular complexity index is 628. The minimum Gasteiger partial charge on any atom is -0.338 e. The monoisotopic (exact) mass is 414 g/mol. The molecule has 5 rings (SSSR count). The first kappa shape index (κ1) is 21.1. The average Bonchev–Trinajstić information content (AvgIpc) is 3.39. The number of likely N-dealkylation sites (tertiary alicyclic amines) is 1. The van der Waals surface area contributed by atoms with Crippen molar-refractivity contribution in [1.82, 2.24) is 10.2 Å². The molecule has 0 bridgehead atoms. The fourth-order valence-electron chi connectivity index (χ4n) is 9.45. The van der Waals surface area contributed by atoms with E-state index in [1.807, 2.05) is 4.90 Å². The zero-order valence-corrected chi connectivity index (χ0v) is 19.8. The Morgan fingerprint density at radius 2 is 1.67 bits per heavy atom. The lowest BCUT2D eigenvalue weighted by Crippen LogP contribution is -2.52. The highest BCUT2D eigenvalue weighted by Crippen LogP contribution is 2.67. The van der Waals surface area contributed by atoms with E-state index in [1.165, 1.54) is 89.9 Å². The smallest absolute Gasteiger partial charge is 0.317 e. The summed E-state index contributed by atoms with van der Waals surface area (Å²) in [4.78, 5) is 14.2. The van der Waals surface area contributed by atoms with Gasteiger partial charge in [0.2, 0.25) is 0 Å². The van der Waals surface area contributed by atoms with Gasteiger partial charge in [0.05, 0.1) is 0 Å². The second-order valence-corrected chi connectivity index (χ2v) is 12.3. The molecule has 170 valence electrons. The van der Waals surface area contributed by atoms with Crippen LogP contribution < -0.4 is 5.32 Å². The van der Waals surface area contributed by atoms with Gasteiger partial charge in [-0.05, 0) is 117 Å². The van der Waals surface area contributed by atoms with Gasteiger partial charge in [-0.1, -0.05) is 26.7 Å². The highest BCUT2D eigenvalue weighted by Gasteiger charge is 2.59. The van der Waals surface area contributed by atoms with Crippen LogP contribution in [-0.4, -0.2) is 30.6 Å². The van der Waals surface area contributed by atoms with Gasteiger partial charge in [-0.3, -0.25) is 0 Å². The molecule has 5 fully saturated rings. The minimum atomic E-state index is 0.181. The summed E-state index contributed by atoms with van der Waals surface area (Å²) in [5.74, 6) is 4.95. The zero-order chi connectivity index (χ0) is 20.8. The third-order valence-electron chi connectivity index (χ3n) is 11.2. The summed E-state index contributed by atoms with van der Waals surface area (Å²) in [6.45, 7) is 8.15. The lowest BCUT2D eigenvalue weighted by molar-refractivity contribution is -0.111. The number of carbonyl (C=O) groups excluding carboxylic acids is 1. The van der Waals surface area contributed by atoms with Gasteiger partial charge in [0, 0.05) is 19.6 Å². The van der Waals surface area contributed by atoms with E-state index in [2.05, 4.69) is 19.2 Å². The van der Waals surface area contributed by atoms with Crippen molar-refractivity contribution in [3.05, 3.63) is 0 Å². The second kappa shape index (κ2) is 8.32. The lowest BCUT2D eigenvalue weighted by atomic mass is 9.45. The summed E-state index contributed by atoms with van der Waals surface area (Å²) < 4.78 is 0. The van der Waals surface area contributed by atoms with Crippen LogP contribution in [0.15, 0.2) is 0 Å². The molecule has 0 aromatic heterocycles. The molecule has 7 unspecified atom stereocenters. The first-order valence-corrected chi connectivity index (χ1v) is 13.5. The summed E-state index contributed by atoms with van der Waals surface area (Å²) in [6, 6.07) is 0.181.